The summed E-state index contributed by atoms with van der Waals surface area (Å²) in [5, 5.41) is 9.74. The van der Waals surface area contributed by atoms with E-state index in [0.29, 0.717) is 31.1 Å². The van der Waals surface area contributed by atoms with E-state index in [1.807, 2.05) is 33.0 Å². The Bertz CT molecular complexity index is 905. The van der Waals surface area contributed by atoms with Gasteiger partial charge in [-0.2, -0.15) is 0 Å². The maximum Gasteiger partial charge on any atom is 0.259 e. The third-order valence-electron chi connectivity index (χ3n) is 5.46. The van der Waals surface area contributed by atoms with Gasteiger partial charge in [0.1, 0.15) is 18.0 Å². The number of rotatable bonds is 7. The van der Waals surface area contributed by atoms with Crippen molar-refractivity contribution in [3.63, 3.8) is 0 Å². The van der Waals surface area contributed by atoms with E-state index in [0.717, 1.165) is 11.1 Å². The van der Waals surface area contributed by atoms with Crippen LogP contribution in [0.2, 0.25) is 0 Å². The van der Waals surface area contributed by atoms with Crippen LogP contribution in [0.5, 0.6) is 5.88 Å². The van der Waals surface area contributed by atoms with Gasteiger partial charge in [-0.1, -0.05) is 19.1 Å². The molecule has 0 fully saturated rings. The Morgan fingerprint density at radius 2 is 2.10 bits per heavy atom. The van der Waals surface area contributed by atoms with Gasteiger partial charge in [-0.3, -0.25) is 9.69 Å². The van der Waals surface area contributed by atoms with Crippen molar-refractivity contribution in [2.75, 3.05) is 26.7 Å². The second-order valence-electron chi connectivity index (χ2n) is 8.19. The summed E-state index contributed by atoms with van der Waals surface area (Å²) in [5.41, 5.74) is 2.27. The summed E-state index contributed by atoms with van der Waals surface area (Å²) >= 11 is 0. The molecule has 166 valence electrons. The molecule has 3 rings (SSSR count). The smallest absolute Gasteiger partial charge is 0.259 e. The quantitative estimate of drug-likeness (QED) is 0.727. The first kappa shape index (κ1) is 22.8. The van der Waals surface area contributed by atoms with Crippen LogP contribution in [0.3, 0.4) is 0 Å². The van der Waals surface area contributed by atoms with Gasteiger partial charge >= 0.3 is 0 Å². The number of aliphatic hydroxyl groups is 1. The Labute approximate surface area is 183 Å². The van der Waals surface area contributed by atoms with E-state index in [9.17, 15) is 9.90 Å². The van der Waals surface area contributed by atoms with Gasteiger partial charge in [0.05, 0.1) is 12.6 Å². The lowest BCUT2D eigenvalue weighted by molar-refractivity contribution is 0.0325. The zero-order chi connectivity index (χ0) is 22.4. The topological polar surface area (TPSA) is 91.7 Å². The third kappa shape index (κ3) is 5.65. The van der Waals surface area contributed by atoms with Crippen molar-refractivity contribution in [2.45, 2.75) is 39.5 Å². The minimum Gasteiger partial charge on any atom is -0.472 e. The van der Waals surface area contributed by atoms with E-state index in [-0.39, 0.29) is 30.6 Å². The lowest BCUT2D eigenvalue weighted by Gasteiger charge is -2.37. The van der Waals surface area contributed by atoms with Gasteiger partial charge in [0, 0.05) is 49.7 Å². The highest BCUT2D eigenvalue weighted by Gasteiger charge is 2.34. The Balaban J connectivity index is 1.89. The fraction of sp³-hybridized carbons (Fsp3) is 0.478. The van der Waals surface area contributed by atoms with Crippen molar-refractivity contribution in [2.24, 2.45) is 5.92 Å². The first-order chi connectivity index (χ1) is 14.9. The first-order valence-electron chi connectivity index (χ1n) is 10.6. The molecule has 0 spiro atoms. The number of likely N-dealkylation sites (N-methyl/N-ethyl adjacent to an activating group) is 1. The van der Waals surface area contributed by atoms with Gasteiger partial charge in [-0.15, -0.1) is 0 Å². The molecule has 0 aromatic carbocycles. The molecular weight excluding hydrogens is 394 g/mol. The molecule has 0 bridgehead atoms. The van der Waals surface area contributed by atoms with E-state index < -0.39 is 0 Å². The fourth-order valence-electron chi connectivity index (χ4n) is 3.71. The molecule has 0 radical (unpaired) electrons. The van der Waals surface area contributed by atoms with Gasteiger partial charge < -0.3 is 14.7 Å². The molecule has 0 saturated carbocycles. The van der Waals surface area contributed by atoms with E-state index in [2.05, 4.69) is 26.8 Å². The zero-order valence-electron chi connectivity index (χ0n) is 18.6. The van der Waals surface area contributed by atoms with Crippen LogP contribution in [-0.4, -0.2) is 74.7 Å². The van der Waals surface area contributed by atoms with Crippen LogP contribution in [0.15, 0.2) is 37.1 Å². The Hall–Kier alpha value is -2.84. The maximum absolute atomic E-state index is 13.3. The predicted octanol–water partition coefficient (Wildman–Crippen LogP) is 2.26. The Morgan fingerprint density at radius 3 is 2.77 bits per heavy atom. The number of hydrogen-bond acceptors (Lipinski definition) is 7. The molecule has 2 aromatic heterocycles. The summed E-state index contributed by atoms with van der Waals surface area (Å²) in [6, 6.07) is 1.51. The molecule has 1 aliphatic rings. The minimum atomic E-state index is -0.300. The number of amides is 1. The van der Waals surface area contributed by atoms with Crippen LogP contribution in [0, 0.1) is 5.92 Å². The summed E-state index contributed by atoms with van der Waals surface area (Å²) in [5.74, 6) is 0.203. The largest absolute Gasteiger partial charge is 0.472 e. The summed E-state index contributed by atoms with van der Waals surface area (Å²) in [7, 11) is 2.02. The van der Waals surface area contributed by atoms with Crippen molar-refractivity contribution in [3.8, 4) is 5.88 Å². The number of hydrogen-bond donors (Lipinski definition) is 1. The van der Waals surface area contributed by atoms with E-state index in [1.54, 1.807) is 29.6 Å². The second kappa shape index (κ2) is 10.5. The van der Waals surface area contributed by atoms with Crippen LogP contribution in [0.4, 0.5) is 0 Å². The standard InChI is InChI=1S/C23H31N5O3/c1-5-6-18-7-20-22(26-10-18)31-21(13-27(4)12-19-8-24-15-25-9-19)16(2)11-28(23(20)30)17(3)14-29/h5-10,15-17,21,29H,11-14H2,1-4H3/b6-5+/t16-,17+,21+/m1/s1. The average Bonchev–Trinajstić information content (AvgIpc) is 2.77. The lowest BCUT2D eigenvalue weighted by Crippen LogP contribution is -2.49. The van der Waals surface area contributed by atoms with Crippen molar-refractivity contribution in [1.82, 2.24) is 24.8 Å². The SMILES string of the molecule is C/C=C/c1cnc2c(c1)C(=O)N([C@@H](C)CO)C[C@@H](C)[C@H](CN(C)Cc1cncnc1)O2. The van der Waals surface area contributed by atoms with Crippen LogP contribution >= 0.6 is 0 Å². The second-order valence-corrected chi connectivity index (χ2v) is 8.19. The molecule has 31 heavy (non-hydrogen) atoms. The first-order valence-corrected chi connectivity index (χ1v) is 10.6. The summed E-state index contributed by atoms with van der Waals surface area (Å²) in [6.45, 7) is 7.55. The van der Waals surface area contributed by atoms with Crippen molar-refractivity contribution in [3.05, 3.63) is 53.8 Å². The van der Waals surface area contributed by atoms with Crippen molar-refractivity contribution >= 4 is 12.0 Å². The highest BCUT2D eigenvalue weighted by Crippen LogP contribution is 2.27. The molecule has 0 aliphatic carbocycles. The summed E-state index contributed by atoms with van der Waals surface area (Å²) < 4.78 is 6.30. The molecule has 1 amide bonds. The highest BCUT2D eigenvalue weighted by molar-refractivity contribution is 5.97. The molecule has 1 N–H and O–H groups in total. The lowest BCUT2D eigenvalue weighted by atomic mass is 9.99. The normalized spacial score (nSPS) is 20.3. The Morgan fingerprint density at radius 1 is 1.35 bits per heavy atom. The number of allylic oxidation sites excluding steroid dienone is 1. The maximum atomic E-state index is 13.3. The van der Waals surface area contributed by atoms with Gasteiger partial charge in [-0.25, -0.2) is 15.0 Å². The predicted molar refractivity (Wildman–Crippen MR) is 118 cm³/mol. The third-order valence-corrected chi connectivity index (χ3v) is 5.46. The van der Waals surface area contributed by atoms with Gasteiger partial charge in [0.25, 0.3) is 5.91 Å². The summed E-state index contributed by atoms with van der Waals surface area (Å²) in [4.78, 5) is 29.8. The molecule has 0 saturated heterocycles. The van der Waals surface area contributed by atoms with Gasteiger partial charge in [-0.05, 0) is 32.5 Å². The average molecular weight is 426 g/mol. The molecule has 2 aromatic rings. The molecule has 8 nitrogen and oxygen atoms in total. The van der Waals surface area contributed by atoms with E-state index >= 15 is 0 Å². The van der Waals surface area contributed by atoms with Crippen molar-refractivity contribution in [1.29, 1.82) is 0 Å². The van der Waals surface area contributed by atoms with Gasteiger partial charge in [0.15, 0.2) is 0 Å². The van der Waals surface area contributed by atoms with Crippen LogP contribution in [-0.2, 0) is 6.54 Å². The number of carbonyl (C=O) groups is 1. The number of aromatic nitrogens is 3. The van der Waals surface area contributed by atoms with E-state index in [4.69, 9.17) is 4.74 Å². The summed E-state index contributed by atoms with van der Waals surface area (Å²) in [6.07, 6.45) is 10.4. The monoisotopic (exact) mass is 425 g/mol. The van der Waals surface area contributed by atoms with E-state index in [1.165, 1.54) is 6.33 Å². The highest BCUT2D eigenvalue weighted by atomic mass is 16.5. The molecule has 0 unspecified atom stereocenters. The minimum absolute atomic E-state index is 0.0394. The Kier molecular flexibility index (Phi) is 7.70. The fourth-order valence-corrected chi connectivity index (χ4v) is 3.71. The molecular formula is C23H31N5O3. The van der Waals surface area contributed by atoms with Crippen LogP contribution in [0.1, 0.15) is 42.3 Å². The molecule has 8 heteroatoms. The molecule has 1 aliphatic heterocycles. The number of aliphatic hydroxyl groups excluding tert-OH is 1. The number of pyridine rings is 1. The van der Waals surface area contributed by atoms with Gasteiger partial charge in [0.2, 0.25) is 5.88 Å². The zero-order valence-corrected chi connectivity index (χ0v) is 18.6. The van der Waals surface area contributed by atoms with Crippen LogP contribution < -0.4 is 4.74 Å². The molecule has 3 heterocycles. The number of nitrogens with zero attached hydrogens (tertiary/aromatic N) is 5. The number of fused-ring (bicyclic) bond motifs is 1. The number of carbonyl (C=O) groups excluding carboxylic acids is 1. The number of ether oxygens (including phenoxy) is 1. The van der Waals surface area contributed by atoms with Crippen LogP contribution in [0.25, 0.3) is 6.08 Å². The molecule has 3 atom stereocenters. The van der Waals surface area contributed by atoms with Crippen molar-refractivity contribution < 1.29 is 14.6 Å².